The van der Waals surface area contributed by atoms with E-state index in [9.17, 15) is 0 Å². The summed E-state index contributed by atoms with van der Waals surface area (Å²) in [7, 11) is 0. The first-order valence-electron chi connectivity index (χ1n) is 5.15. The Hall–Kier alpha value is -1.22. The van der Waals surface area contributed by atoms with Crippen LogP contribution in [-0.2, 0) is 0 Å². The zero-order chi connectivity index (χ0) is 12.3. The lowest BCUT2D eigenvalue weighted by molar-refractivity contribution is 0.288. The minimum Gasteiger partial charge on any atom is -0.492 e. The van der Waals surface area contributed by atoms with Gasteiger partial charge in [-0.25, -0.2) is 0 Å². The van der Waals surface area contributed by atoms with Crippen LogP contribution < -0.4 is 10.5 Å². The van der Waals surface area contributed by atoms with Gasteiger partial charge in [0.15, 0.2) is 0 Å². The second kappa shape index (κ2) is 5.21. The fourth-order valence-electron chi connectivity index (χ4n) is 1.42. The van der Waals surface area contributed by atoms with Crippen molar-refractivity contribution >= 4 is 17.4 Å². The standard InChI is InChI=1S/C12H17ClN2O/c1-7-4-10(13)5-8(2)11(7)16-6-9(3)12(14)15/h4-5,9H,6H2,1-3H3,(H3,14,15). The number of nitrogens with two attached hydrogens (primary N) is 1. The highest BCUT2D eigenvalue weighted by Gasteiger charge is 2.10. The van der Waals surface area contributed by atoms with Gasteiger partial charge in [-0.15, -0.1) is 0 Å². The molecule has 0 aliphatic rings. The summed E-state index contributed by atoms with van der Waals surface area (Å²) in [5.74, 6) is 0.899. The van der Waals surface area contributed by atoms with Crippen LogP contribution in [0.3, 0.4) is 0 Å². The molecule has 88 valence electrons. The molecule has 1 rings (SSSR count). The van der Waals surface area contributed by atoms with E-state index in [1.54, 1.807) is 0 Å². The van der Waals surface area contributed by atoms with Gasteiger partial charge >= 0.3 is 0 Å². The number of aryl methyl sites for hydroxylation is 2. The van der Waals surface area contributed by atoms with Crippen molar-refractivity contribution in [2.24, 2.45) is 11.7 Å². The zero-order valence-electron chi connectivity index (χ0n) is 9.80. The second-order valence-electron chi connectivity index (χ2n) is 4.04. The van der Waals surface area contributed by atoms with E-state index in [0.717, 1.165) is 16.9 Å². The summed E-state index contributed by atoms with van der Waals surface area (Å²) in [5, 5.41) is 7.99. The maximum atomic E-state index is 7.28. The minimum atomic E-state index is -0.0746. The lowest BCUT2D eigenvalue weighted by atomic mass is 10.1. The highest BCUT2D eigenvalue weighted by atomic mass is 35.5. The third-order valence-electron chi connectivity index (χ3n) is 2.43. The molecule has 0 aliphatic heterocycles. The summed E-state index contributed by atoms with van der Waals surface area (Å²) >= 11 is 5.93. The number of hydrogen-bond donors (Lipinski definition) is 2. The van der Waals surface area contributed by atoms with Gasteiger partial charge in [0.05, 0.1) is 12.4 Å². The summed E-state index contributed by atoms with van der Waals surface area (Å²) in [5.41, 5.74) is 7.38. The van der Waals surface area contributed by atoms with E-state index in [4.69, 9.17) is 27.5 Å². The van der Waals surface area contributed by atoms with Crippen LogP contribution >= 0.6 is 11.6 Å². The molecular formula is C12H17ClN2O. The Labute approximate surface area is 101 Å². The van der Waals surface area contributed by atoms with E-state index in [-0.39, 0.29) is 11.8 Å². The van der Waals surface area contributed by atoms with Crippen molar-refractivity contribution in [2.45, 2.75) is 20.8 Å². The fourth-order valence-corrected chi connectivity index (χ4v) is 1.75. The van der Waals surface area contributed by atoms with Crippen LogP contribution in [0.4, 0.5) is 0 Å². The third-order valence-corrected chi connectivity index (χ3v) is 2.65. The first-order valence-corrected chi connectivity index (χ1v) is 5.53. The van der Waals surface area contributed by atoms with E-state index in [0.29, 0.717) is 11.6 Å². The van der Waals surface area contributed by atoms with Gasteiger partial charge in [-0.2, -0.15) is 0 Å². The molecule has 16 heavy (non-hydrogen) atoms. The van der Waals surface area contributed by atoms with Crippen LogP contribution in [-0.4, -0.2) is 12.4 Å². The summed E-state index contributed by atoms with van der Waals surface area (Å²) in [4.78, 5) is 0. The number of benzene rings is 1. The predicted molar refractivity (Wildman–Crippen MR) is 67.5 cm³/mol. The molecule has 0 aliphatic carbocycles. The van der Waals surface area contributed by atoms with Crippen molar-refractivity contribution in [1.82, 2.24) is 0 Å². The smallest absolute Gasteiger partial charge is 0.125 e. The number of halogens is 1. The SMILES string of the molecule is Cc1cc(Cl)cc(C)c1OCC(C)C(=N)N. The Morgan fingerprint density at radius 3 is 2.38 bits per heavy atom. The molecule has 3 nitrogen and oxygen atoms in total. The molecule has 0 saturated heterocycles. The Bertz CT molecular complexity index is 381. The first kappa shape index (κ1) is 12.8. The Morgan fingerprint density at radius 2 is 1.94 bits per heavy atom. The summed E-state index contributed by atoms with van der Waals surface area (Å²) in [6, 6.07) is 3.73. The molecule has 0 radical (unpaired) electrons. The monoisotopic (exact) mass is 240 g/mol. The molecule has 3 N–H and O–H groups in total. The van der Waals surface area contributed by atoms with Crippen LogP contribution in [0.1, 0.15) is 18.1 Å². The number of ether oxygens (including phenoxy) is 1. The summed E-state index contributed by atoms with van der Waals surface area (Å²) < 4.78 is 5.67. The van der Waals surface area contributed by atoms with Crippen molar-refractivity contribution in [1.29, 1.82) is 5.41 Å². The molecule has 1 unspecified atom stereocenters. The molecule has 1 atom stereocenters. The number of rotatable bonds is 4. The molecule has 1 aromatic carbocycles. The minimum absolute atomic E-state index is 0.0746. The van der Waals surface area contributed by atoms with Crippen molar-refractivity contribution in [3.8, 4) is 5.75 Å². The first-order chi connectivity index (χ1) is 7.41. The number of hydrogen-bond acceptors (Lipinski definition) is 2. The summed E-state index contributed by atoms with van der Waals surface area (Å²) in [6.45, 7) is 6.18. The van der Waals surface area contributed by atoms with E-state index in [2.05, 4.69) is 0 Å². The maximum absolute atomic E-state index is 7.28. The summed E-state index contributed by atoms with van der Waals surface area (Å²) in [6.07, 6.45) is 0. The molecule has 0 spiro atoms. The van der Waals surface area contributed by atoms with Crippen LogP contribution in [0.25, 0.3) is 0 Å². The van der Waals surface area contributed by atoms with Crippen LogP contribution in [0.15, 0.2) is 12.1 Å². The average Bonchev–Trinajstić information content (AvgIpc) is 2.15. The highest BCUT2D eigenvalue weighted by Crippen LogP contribution is 2.27. The van der Waals surface area contributed by atoms with Crippen LogP contribution in [0, 0.1) is 25.2 Å². The van der Waals surface area contributed by atoms with Gasteiger partial charge in [0.2, 0.25) is 0 Å². The van der Waals surface area contributed by atoms with Gasteiger partial charge in [-0.3, -0.25) is 5.41 Å². The average molecular weight is 241 g/mol. The van der Waals surface area contributed by atoms with Crippen LogP contribution in [0.5, 0.6) is 5.75 Å². The fraction of sp³-hybridized carbons (Fsp3) is 0.417. The van der Waals surface area contributed by atoms with E-state index in [1.165, 1.54) is 0 Å². The molecule has 0 bridgehead atoms. The Kier molecular flexibility index (Phi) is 4.19. The molecule has 1 aromatic rings. The highest BCUT2D eigenvalue weighted by molar-refractivity contribution is 6.30. The lowest BCUT2D eigenvalue weighted by Gasteiger charge is -2.15. The van der Waals surface area contributed by atoms with Crippen molar-refractivity contribution in [2.75, 3.05) is 6.61 Å². The molecule has 0 saturated carbocycles. The zero-order valence-corrected chi connectivity index (χ0v) is 10.6. The van der Waals surface area contributed by atoms with Gasteiger partial charge in [0, 0.05) is 10.9 Å². The third kappa shape index (κ3) is 3.14. The van der Waals surface area contributed by atoms with E-state index in [1.807, 2.05) is 32.9 Å². The Balaban J connectivity index is 2.78. The van der Waals surface area contributed by atoms with Crippen LogP contribution in [0.2, 0.25) is 5.02 Å². The molecule has 4 heteroatoms. The van der Waals surface area contributed by atoms with Crippen molar-refractivity contribution in [3.05, 3.63) is 28.3 Å². The van der Waals surface area contributed by atoms with Gasteiger partial charge in [-0.05, 0) is 37.1 Å². The lowest BCUT2D eigenvalue weighted by Crippen LogP contribution is -2.25. The molecule has 0 aromatic heterocycles. The maximum Gasteiger partial charge on any atom is 0.125 e. The molecule has 0 amide bonds. The van der Waals surface area contributed by atoms with Gasteiger partial charge < -0.3 is 10.5 Å². The van der Waals surface area contributed by atoms with Crippen molar-refractivity contribution in [3.63, 3.8) is 0 Å². The molecule has 0 heterocycles. The number of amidine groups is 1. The molecular weight excluding hydrogens is 224 g/mol. The van der Waals surface area contributed by atoms with E-state index >= 15 is 0 Å². The Morgan fingerprint density at radius 1 is 1.44 bits per heavy atom. The topological polar surface area (TPSA) is 59.1 Å². The second-order valence-corrected chi connectivity index (χ2v) is 4.47. The largest absolute Gasteiger partial charge is 0.492 e. The van der Waals surface area contributed by atoms with Crippen molar-refractivity contribution < 1.29 is 4.74 Å². The molecule has 0 fully saturated rings. The number of nitrogens with one attached hydrogen (secondary N) is 1. The van der Waals surface area contributed by atoms with Gasteiger partial charge in [0.1, 0.15) is 5.75 Å². The normalized spacial score (nSPS) is 12.2. The van der Waals surface area contributed by atoms with Gasteiger partial charge in [-0.1, -0.05) is 18.5 Å². The van der Waals surface area contributed by atoms with E-state index < -0.39 is 0 Å². The quantitative estimate of drug-likeness (QED) is 0.628. The predicted octanol–water partition coefficient (Wildman–Crippen LogP) is 2.91. The van der Waals surface area contributed by atoms with Gasteiger partial charge in [0.25, 0.3) is 0 Å².